The molecule has 1 fully saturated rings. The Kier molecular flexibility index (Phi) is 11.8. The fraction of sp³-hybridized carbons (Fsp3) is 0.514. The summed E-state index contributed by atoms with van der Waals surface area (Å²) in [4.78, 5) is 20.7. The van der Waals surface area contributed by atoms with Crippen LogP contribution < -0.4 is 4.74 Å². The Morgan fingerprint density at radius 2 is 1.83 bits per heavy atom. The average molecular weight is 667 g/mol. The lowest BCUT2D eigenvalue weighted by molar-refractivity contribution is -0.256. The first-order valence-corrected chi connectivity index (χ1v) is 16.7. The fourth-order valence-corrected chi connectivity index (χ4v) is 7.97. The van der Waals surface area contributed by atoms with Crippen molar-refractivity contribution in [3.63, 3.8) is 0 Å². The summed E-state index contributed by atoms with van der Waals surface area (Å²) >= 11 is 0. The molecular weight excluding hydrogens is 619 g/mol. The zero-order valence-corrected chi connectivity index (χ0v) is 27.7. The summed E-state index contributed by atoms with van der Waals surface area (Å²) in [5, 5.41) is 34.6. The van der Waals surface area contributed by atoms with Crippen molar-refractivity contribution in [3.8, 4) is 11.5 Å². The first-order chi connectivity index (χ1) is 23.3. The van der Waals surface area contributed by atoms with E-state index in [1.807, 2.05) is 0 Å². The fourth-order valence-electron chi connectivity index (χ4n) is 7.97. The number of unbranched alkanes of at least 4 members (excludes halogenated alkanes) is 2. The number of aliphatic hydroxyl groups excluding tert-OH is 2. The van der Waals surface area contributed by atoms with Gasteiger partial charge in [0.25, 0.3) is 0 Å². The monoisotopic (exact) mass is 666 g/mol. The number of hydrogen-bond donors (Lipinski definition) is 3. The number of halogens is 1. The molecule has 3 N–H and O–H groups in total. The molecule has 2 aliphatic carbocycles. The van der Waals surface area contributed by atoms with Gasteiger partial charge in [-0.2, -0.15) is 0 Å². The zero-order valence-electron chi connectivity index (χ0n) is 27.7. The molecular formula is C37H47FN2O8. The summed E-state index contributed by atoms with van der Waals surface area (Å²) < 4.78 is 33.0. The Balaban J connectivity index is 1.76. The molecule has 0 aromatic heterocycles. The predicted octanol–water partition coefficient (Wildman–Crippen LogP) is 6.06. The van der Waals surface area contributed by atoms with Crippen LogP contribution in [0.2, 0.25) is 0 Å². The number of oxime groups is 1. The van der Waals surface area contributed by atoms with Crippen molar-refractivity contribution in [1.82, 2.24) is 4.90 Å². The smallest absolute Gasteiger partial charge is 0.410 e. The van der Waals surface area contributed by atoms with Gasteiger partial charge in [-0.05, 0) is 79.0 Å². The Morgan fingerprint density at radius 1 is 1.10 bits per heavy atom. The molecule has 10 nitrogen and oxygen atoms in total. The van der Waals surface area contributed by atoms with E-state index in [0.717, 1.165) is 36.8 Å². The SMILES string of the molecule is C=CCOC12Oc3ccc(O)cc3C3C(CCCCO)C(CCCCO)C=C(C(=NOC)CC1N(Cc1ccc(F)cc1)C(=O)OC)C32. The number of fused-ring (bicyclic) bond motifs is 2. The number of phenols is 1. The van der Waals surface area contributed by atoms with Crippen molar-refractivity contribution in [2.24, 2.45) is 22.9 Å². The maximum absolute atomic E-state index is 13.9. The largest absolute Gasteiger partial charge is 0.508 e. The molecule has 0 radical (unpaired) electrons. The summed E-state index contributed by atoms with van der Waals surface area (Å²) in [5.41, 5.74) is 3.02. The maximum Gasteiger partial charge on any atom is 0.410 e. The van der Waals surface area contributed by atoms with Crippen molar-refractivity contribution < 1.29 is 43.6 Å². The van der Waals surface area contributed by atoms with Crippen molar-refractivity contribution in [3.05, 3.63) is 83.7 Å². The molecule has 6 unspecified atom stereocenters. The number of amides is 1. The zero-order chi connectivity index (χ0) is 34.3. The highest BCUT2D eigenvalue weighted by molar-refractivity contribution is 6.02. The van der Waals surface area contributed by atoms with E-state index in [0.29, 0.717) is 29.9 Å². The summed E-state index contributed by atoms with van der Waals surface area (Å²) in [6, 6.07) is 10.2. The van der Waals surface area contributed by atoms with Crippen LogP contribution in [0, 0.1) is 23.6 Å². The van der Waals surface area contributed by atoms with Crippen molar-refractivity contribution >= 4 is 11.8 Å². The number of methoxy groups -OCH3 is 1. The lowest BCUT2D eigenvalue weighted by Crippen LogP contribution is -2.70. The van der Waals surface area contributed by atoms with E-state index in [1.165, 1.54) is 26.4 Å². The van der Waals surface area contributed by atoms with Crippen LogP contribution in [0.4, 0.5) is 9.18 Å². The first-order valence-electron chi connectivity index (χ1n) is 16.7. The molecule has 2 aromatic rings. The molecule has 1 heterocycles. The second-order valence-corrected chi connectivity index (χ2v) is 12.7. The number of benzene rings is 2. The Morgan fingerprint density at radius 3 is 2.50 bits per heavy atom. The standard InChI is InChI=1S/C37H47FN2O8/c1-4-19-47-37-33(40(36(44)45-2)23-24-11-13-26(38)14-12-24)22-31(39-46-3)29-20-25(9-5-7-17-41)28(10-6-8-18-42)34(35(29)37)30-21-27(43)15-16-32(30)48-37/h4,11-16,20-21,25,28,33-35,41-43H,1,5-10,17-19,22-23H2,2-3H3. The van der Waals surface area contributed by atoms with Crippen LogP contribution in [0.5, 0.6) is 11.5 Å². The number of aromatic hydroxyl groups is 1. The van der Waals surface area contributed by atoms with Crippen molar-refractivity contribution in [2.45, 2.75) is 69.2 Å². The van der Waals surface area contributed by atoms with Gasteiger partial charge in [-0.25, -0.2) is 9.18 Å². The van der Waals surface area contributed by atoms with Gasteiger partial charge in [-0.1, -0.05) is 42.3 Å². The lowest BCUT2D eigenvalue weighted by Gasteiger charge is -2.59. The van der Waals surface area contributed by atoms with Gasteiger partial charge in [-0.15, -0.1) is 6.58 Å². The molecule has 260 valence electrons. The van der Waals surface area contributed by atoms with E-state index in [9.17, 15) is 24.5 Å². The second-order valence-electron chi connectivity index (χ2n) is 12.7. The number of rotatable bonds is 15. The van der Waals surface area contributed by atoms with Crippen LogP contribution in [0.1, 0.15) is 62.0 Å². The average Bonchev–Trinajstić information content (AvgIpc) is 3.09. The summed E-state index contributed by atoms with van der Waals surface area (Å²) in [6.07, 6.45) is 7.95. The van der Waals surface area contributed by atoms with Crippen LogP contribution in [0.3, 0.4) is 0 Å². The van der Waals surface area contributed by atoms with E-state index in [1.54, 1.807) is 41.3 Å². The van der Waals surface area contributed by atoms with Gasteiger partial charge in [0.1, 0.15) is 30.5 Å². The number of carbonyl (C=O) groups excluding carboxylic acids is 1. The number of nitrogens with zero attached hydrogens (tertiary/aromatic N) is 2. The third-order valence-electron chi connectivity index (χ3n) is 9.91. The summed E-state index contributed by atoms with van der Waals surface area (Å²) in [5.74, 6) is -1.86. The van der Waals surface area contributed by atoms with Gasteiger partial charge >= 0.3 is 6.09 Å². The number of allylic oxidation sites excluding steroid dienone is 1. The van der Waals surface area contributed by atoms with E-state index >= 15 is 0 Å². The Bertz CT molecular complexity index is 1480. The molecule has 1 saturated carbocycles. The molecule has 1 amide bonds. The molecule has 5 rings (SSSR count). The van der Waals surface area contributed by atoms with Crippen LogP contribution in [0.15, 0.2) is 71.9 Å². The van der Waals surface area contributed by atoms with Crippen molar-refractivity contribution in [2.75, 3.05) is 34.0 Å². The van der Waals surface area contributed by atoms with E-state index in [2.05, 4.69) is 17.8 Å². The number of aliphatic hydroxyl groups is 2. The highest BCUT2D eigenvalue weighted by Gasteiger charge is 2.65. The number of phenolic OH excluding ortho intramolecular Hbond substituents is 1. The minimum Gasteiger partial charge on any atom is -0.508 e. The highest BCUT2D eigenvalue weighted by atomic mass is 19.1. The maximum atomic E-state index is 13.9. The molecule has 11 heteroatoms. The molecule has 2 aromatic carbocycles. The van der Waals surface area contributed by atoms with Crippen LogP contribution in [0.25, 0.3) is 0 Å². The molecule has 48 heavy (non-hydrogen) atoms. The second kappa shape index (κ2) is 16.0. The summed E-state index contributed by atoms with van der Waals surface area (Å²) in [6.45, 7) is 4.27. The quantitative estimate of drug-likeness (QED) is 0.119. The minimum absolute atomic E-state index is 0.0337. The predicted molar refractivity (Wildman–Crippen MR) is 178 cm³/mol. The van der Waals surface area contributed by atoms with Gasteiger partial charge in [0, 0.05) is 37.7 Å². The number of ether oxygens (including phenoxy) is 3. The third kappa shape index (κ3) is 7.09. The van der Waals surface area contributed by atoms with Gasteiger partial charge in [0.2, 0.25) is 5.79 Å². The topological polar surface area (TPSA) is 130 Å². The van der Waals surface area contributed by atoms with Gasteiger partial charge in [-0.3, -0.25) is 4.90 Å². The third-order valence-corrected chi connectivity index (χ3v) is 9.91. The van der Waals surface area contributed by atoms with Crippen LogP contribution >= 0.6 is 0 Å². The molecule has 0 spiro atoms. The highest BCUT2D eigenvalue weighted by Crippen LogP contribution is 2.62. The van der Waals surface area contributed by atoms with Gasteiger partial charge < -0.3 is 34.4 Å². The molecule has 0 bridgehead atoms. The van der Waals surface area contributed by atoms with E-state index < -0.39 is 29.7 Å². The normalized spacial score (nSPS) is 26.5. The Hall–Kier alpha value is -3.93. The van der Waals surface area contributed by atoms with Gasteiger partial charge in [0.05, 0.1) is 25.3 Å². The number of carbonyl (C=O) groups is 1. The van der Waals surface area contributed by atoms with Crippen LogP contribution in [-0.4, -0.2) is 77.9 Å². The van der Waals surface area contributed by atoms with Crippen molar-refractivity contribution in [1.29, 1.82) is 0 Å². The molecule has 1 aliphatic heterocycles. The summed E-state index contributed by atoms with van der Waals surface area (Å²) in [7, 11) is 2.80. The molecule has 6 atom stereocenters. The lowest BCUT2D eigenvalue weighted by atomic mass is 9.55. The number of hydrogen-bond acceptors (Lipinski definition) is 9. The Labute approximate surface area is 281 Å². The minimum atomic E-state index is -1.46. The van der Waals surface area contributed by atoms with E-state index in [-0.39, 0.29) is 56.3 Å². The molecule has 0 saturated heterocycles. The molecule has 3 aliphatic rings. The van der Waals surface area contributed by atoms with E-state index in [4.69, 9.17) is 19.0 Å². The van der Waals surface area contributed by atoms with Gasteiger partial charge in [0.15, 0.2) is 0 Å². The van der Waals surface area contributed by atoms with Crippen LogP contribution in [-0.2, 0) is 20.9 Å². The first kappa shape index (κ1) is 35.4.